The van der Waals surface area contributed by atoms with Gasteiger partial charge in [0.05, 0.1) is 16.1 Å². The Morgan fingerprint density at radius 2 is 2.05 bits per heavy atom. The number of imidazole rings is 1. The molecule has 1 aromatic heterocycles. The van der Waals surface area contributed by atoms with Crippen LogP contribution in [0, 0.1) is 0 Å². The standard InChI is InChI=1S/C14H10ClN3O2/c15-10-7-9(5-6-13(10)19)14(20)17-18-8-16-11-3-1-2-4-12(11)18/h1-8,19H,(H,17,20). The molecule has 5 nitrogen and oxygen atoms in total. The summed E-state index contributed by atoms with van der Waals surface area (Å²) in [6, 6.07) is 11.7. The minimum Gasteiger partial charge on any atom is -0.506 e. The topological polar surface area (TPSA) is 67.2 Å². The van der Waals surface area contributed by atoms with E-state index in [2.05, 4.69) is 10.4 Å². The predicted octanol–water partition coefficient (Wildman–Crippen LogP) is 2.78. The van der Waals surface area contributed by atoms with E-state index in [-0.39, 0.29) is 16.7 Å². The van der Waals surface area contributed by atoms with Crippen molar-refractivity contribution in [1.29, 1.82) is 0 Å². The number of phenols is 1. The molecule has 1 heterocycles. The average molecular weight is 288 g/mol. The van der Waals surface area contributed by atoms with Gasteiger partial charge in [-0.05, 0) is 30.3 Å². The zero-order valence-electron chi connectivity index (χ0n) is 10.2. The summed E-state index contributed by atoms with van der Waals surface area (Å²) in [6.45, 7) is 0. The van der Waals surface area contributed by atoms with Crippen molar-refractivity contribution in [2.45, 2.75) is 0 Å². The highest BCUT2D eigenvalue weighted by Crippen LogP contribution is 2.23. The van der Waals surface area contributed by atoms with Gasteiger partial charge in [0.25, 0.3) is 5.91 Å². The number of hydrogen-bond acceptors (Lipinski definition) is 3. The fraction of sp³-hybridized carbons (Fsp3) is 0. The fourth-order valence-electron chi connectivity index (χ4n) is 1.87. The Morgan fingerprint density at radius 3 is 2.85 bits per heavy atom. The van der Waals surface area contributed by atoms with E-state index in [9.17, 15) is 9.90 Å². The van der Waals surface area contributed by atoms with Crippen molar-refractivity contribution in [3.8, 4) is 5.75 Å². The van der Waals surface area contributed by atoms with Crippen LogP contribution in [0.5, 0.6) is 5.75 Å². The number of amides is 1. The number of halogens is 1. The highest BCUT2D eigenvalue weighted by molar-refractivity contribution is 6.32. The van der Waals surface area contributed by atoms with Gasteiger partial charge in [-0.3, -0.25) is 10.2 Å². The number of para-hydroxylation sites is 2. The second-order valence-corrected chi connectivity index (χ2v) is 4.62. The van der Waals surface area contributed by atoms with Crippen LogP contribution >= 0.6 is 11.6 Å². The Kier molecular flexibility index (Phi) is 3.04. The van der Waals surface area contributed by atoms with Gasteiger partial charge in [-0.25, -0.2) is 9.66 Å². The van der Waals surface area contributed by atoms with Crippen molar-refractivity contribution in [2.24, 2.45) is 0 Å². The molecule has 0 spiro atoms. The van der Waals surface area contributed by atoms with Crippen molar-refractivity contribution >= 4 is 28.5 Å². The zero-order valence-corrected chi connectivity index (χ0v) is 11.0. The maximum Gasteiger partial charge on any atom is 0.270 e. The number of nitrogens with one attached hydrogen (secondary N) is 1. The van der Waals surface area contributed by atoms with Crippen molar-refractivity contribution in [3.05, 3.63) is 59.4 Å². The summed E-state index contributed by atoms with van der Waals surface area (Å²) in [5.41, 5.74) is 4.64. The van der Waals surface area contributed by atoms with Gasteiger partial charge in [0.1, 0.15) is 12.1 Å². The summed E-state index contributed by atoms with van der Waals surface area (Å²) in [5, 5.41) is 9.48. The first-order valence-corrected chi connectivity index (χ1v) is 6.25. The minimum atomic E-state index is -0.338. The number of fused-ring (bicyclic) bond motifs is 1. The van der Waals surface area contributed by atoms with Crippen LogP contribution in [0.3, 0.4) is 0 Å². The normalized spacial score (nSPS) is 10.7. The highest BCUT2D eigenvalue weighted by Gasteiger charge is 2.10. The Balaban J connectivity index is 1.90. The van der Waals surface area contributed by atoms with Gasteiger partial charge < -0.3 is 5.11 Å². The van der Waals surface area contributed by atoms with Gasteiger partial charge in [-0.2, -0.15) is 0 Å². The molecule has 0 fully saturated rings. The molecule has 0 radical (unpaired) electrons. The first-order valence-electron chi connectivity index (χ1n) is 5.87. The molecular formula is C14H10ClN3O2. The number of rotatable bonds is 2. The lowest BCUT2D eigenvalue weighted by molar-refractivity contribution is 0.101. The van der Waals surface area contributed by atoms with E-state index in [1.807, 2.05) is 24.3 Å². The van der Waals surface area contributed by atoms with E-state index >= 15 is 0 Å². The summed E-state index contributed by atoms with van der Waals surface area (Å²) in [4.78, 5) is 16.3. The number of aromatic hydroxyl groups is 1. The second kappa shape index (κ2) is 4.86. The Bertz CT molecular complexity index is 798. The molecular weight excluding hydrogens is 278 g/mol. The molecule has 0 atom stereocenters. The molecule has 1 amide bonds. The molecule has 0 aliphatic rings. The number of carbonyl (C=O) groups excluding carboxylic acids is 1. The van der Waals surface area contributed by atoms with Crippen molar-refractivity contribution in [3.63, 3.8) is 0 Å². The third-order valence-corrected chi connectivity index (χ3v) is 3.19. The van der Waals surface area contributed by atoms with Crippen LogP contribution in [0.15, 0.2) is 48.8 Å². The number of hydrogen-bond donors (Lipinski definition) is 2. The molecule has 3 aromatic rings. The van der Waals surface area contributed by atoms with Crippen molar-refractivity contribution in [2.75, 3.05) is 5.43 Å². The molecule has 0 saturated carbocycles. The smallest absolute Gasteiger partial charge is 0.270 e. The molecule has 6 heteroatoms. The number of carbonyl (C=O) groups is 1. The third-order valence-electron chi connectivity index (χ3n) is 2.89. The SMILES string of the molecule is O=C(Nn1cnc2ccccc21)c1ccc(O)c(Cl)c1. The lowest BCUT2D eigenvalue weighted by atomic mass is 10.2. The third kappa shape index (κ3) is 2.19. The van der Waals surface area contributed by atoms with Gasteiger partial charge in [-0.1, -0.05) is 23.7 Å². The Labute approximate surface area is 119 Å². The maximum absolute atomic E-state index is 12.1. The summed E-state index contributed by atoms with van der Waals surface area (Å²) < 4.78 is 1.54. The maximum atomic E-state index is 12.1. The van der Waals surface area contributed by atoms with E-state index in [4.69, 9.17) is 11.6 Å². The van der Waals surface area contributed by atoms with Crippen molar-refractivity contribution in [1.82, 2.24) is 9.66 Å². The summed E-state index contributed by atoms with van der Waals surface area (Å²) in [6.07, 6.45) is 1.53. The van der Waals surface area contributed by atoms with E-state index in [0.717, 1.165) is 11.0 Å². The van der Waals surface area contributed by atoms with Gasteiger partial charge in [0.15, 0.2) is 0 Å². The summed E-state index contributed by atoms with van der Waals surface area (Å²) >= 11 is 5.79. The average Bonchev–Trinajstić information content (AvgIpc) is 2.85. The summed E-state index contributed by atoms with van der Waals surface area (Å²) in [7, 11) is 0. The molecule has 0 bridgehead atoms. The minimum absolute atomic E-state index is 0.0590. The van der Waals surface area contributed by atoms with E-state index in [1.165, 1.54) is 24.5 Å². The lowest BCUT2D eigenvalue weighted by Gasteiger charge is -2.07. The molecule has 3 rings (SSSR count). The van der Waals surface area contributed by atoms with Gasteiger partial charge in [0.2, 0.25) is 0 Å². The lowest BCUT2D eigenvalue weighted by Crippen LogP contribution is -2.21. The molecule has 0 aliphatic carbocycles. The van der Waals surface area contributed by atoms with Crippen LogP contribution in [-0.2, 0) is 0 Å². The van der Waals surface area contributed by atoms with Gasteiger partial charge in [-0.15, -0.1) is 0 Å². The largest absolute Gasteiger partial charge is 0.506 e. The molecule has 0 aliphatic heterocycles. The van der Waals surface area contributed by atoms with Crippen LogP contribution in [0.25, 0.3) is 11.0 Å². The first-order chi connectivity index (χ1) is 9.65. The molecule has 2 aromatic carbocycles. The van der Waals surface area contributed by atoms with Crippen LogP contribution in [-0.4, -0.2) is 20.7 Å². The Morgan fingerprint density at radius 1 is 1.25 bits per heavy atom. The monoisotopic (exact) mass is 287 g/mol. The van der Waals surface area contributed by atoms with E-state index < -0.39 is 0 Å². The van der Waals surface area contributed by atoms with Crippen LogP contribution in [0.4, 0.5) is 0 Å². The summed E-state index contributed by atoms with van der Waals surface area (Å²) in [5.74, 6) is -0.397. The highest BCUT2D eigenvalue weighted by atomic mass is 35.5. The van der Waals surface area contributed by atoms with Gasteiger partial charge >= 0.3 is 0 Å². The number of nitrogens with zero attached hydrogens (tertiary/aromatic N) is 2. The first kappa shape index (κ1) is 12.5. The fourth-order valence-corrected chi connectivity index (χ4v) is 2.05. The zero-order chi connectivity index (χ0) is 14.1. The van der Waals surface area contributed by atoms with Crippen LogP contribution in [0.1, 0.15) is 10.4 Å². The van der Waals surface area contributed by atoms with Crippen LogP contribution in [0.2, 0.25) is 5.02 Å². The predicted molar refractivity (Wildman–Crippen MR) is 76.5 cm³/mol. The quantitative estimate of drug-likeness (QED) is 0.761. The molecule has 0 unspecified atom stereocenters. The van der Waals surface area contributed by atoms with Gasteiger partial charge in [0, 0.05) is 5.56 Å². The van der Waals surface area contributed by atoms with E-state index in [1.54, 1.807) is 4.68 Å². The molecule has 0 saturated heterocycles. The molecule has 100 valence electrons. The number of phenolic OH excluding ortho intramolecular Hbond substituents is 1. The number of benzene rings is 2. The van der Waals surface area contributed by atoms with Crippen molar-refractivity contribution < 1.29 is 9.90 Å². The molecule has 2 N–H and O–H groups in total. The second-order valence-electron chi connectivity index (χ2n) is 4.21. The molecule has 20 heavy (non-hydrogen) atoms. The Hall–Kier alpha value is -2.53. The number of aromatic nitrogens is 2. The van der Waals surface area contributed by atoms with Crippen LogP contribution < -0.4 is 5.43 Å². The van der Waals surface area contributed by atoms with E-state index in [0.29, 0.717) is 5.56 Å².